The van der Waals surface area contributed by atoms with Crippen LogP contribution in [0.15, 0.2) is 57.9 Å². The van der Waals surface area contributed by atoms with Crippen molar-refractivity contribution in [3.05, 3.63) is 65.4 Å². The second-order valence-corrected chi connectivity index (χ2v) is 8.57. The molecule has 0 unspecified atom stereocenters. The summed E-state index contributed by atoms with van der Waals surface area (Å²) >= 11 is 5.28. The highest BCUT2D eigenvalue weighted by Crippen LogP contribution is 2.24. The molecule has 0 fully saturated rings. The van der Waals surface area contributed by atoms with Gasteiger partial charge in [0.15, 0.2) is 10.9 Å². The van der Waals surface area contributed by atoms with Crippen LogP contribution in [0.2, 0.25) is 0 Å². The third-order valence-electron chi connectivity index (χ3n) is 4.24. The minimum Gasteiger partial charge on any atom is -0.457 e. The number of aryl methyl sites for hydroxylation is 1. The van der Waals surface area contributed by atoms with Crippen molar-refractivity contribution < 1.29 is 22.5 Å². The van der Waals surface area contributed by atoms with Gasteiger partial charge in [0, 0.05) is 23.0 Å². The molecular weight excluding hydrogens is 428 g/mol. The first-order chi connectivity index (χ1) is 14.3. The van der Waals surface area contributed by atoms with E-state index >= 15 is 0 Å². The molecule has 3 aromatic rings. The summed E-state index contributed by atoms with van der Waals surface area (Å²) in [5.74, 6) is 0.241. The Labute approximate surface area is 177 Å². The monoisotopic (exact) mass is 444 g/mol. The molecule has 0 atom stereocenters. The molecule has 1 aromatic heterocycles. The predicted octanol–water partition coefficient (Wildman–Crippen LogP) is 3.26. The molecule has 1 aliphatic heterocycles. The van der Waals surface area contributed by atoms with E-state index in [1.807, 2.05) is 0 Å². The van der Waals surface area contributed by atoms with E-state index in [0.717, 1.165) is 5.56 Å². The maximum absolute atomic E-state index is 12.4. The Hall–Kier alpha value is -3.44. The molecule has 1 aliphatic rings. The molecular formula is C19H16N4O5S2. The summed E-state index contributed by atoms with van der Waals surface area (Å²) in [6.45, 7) is 1.94. The SMILES string of the molecule is Cc1cc(NS(=O)(=O)c2ccc(NC(=S)Nc3ccc4c(c3)C(=O)OC4)cc2)no1. The Morgan fingerprint density at radius 3 is 2.47 bits per heavy atom. The van der Waals surface area contributed by atoms with Gasteiger partial charge in [-0.3, -0.25) is 4.72 Å². The number of ether oxygens (including phenoxy) is 1. The van der Waals surface area contributed by atoms with Crippen molar-refractivity contribution in [1.29, 1.82) is 0 Å². The number of carbonyl (C=O) groups excluding carboxylic acids is 1. The molecule has 9 nitrogen and oxygen atoms in total. The number of rotatable bonds is 5. The molecule has 154 valence electrons. The molecule has 0 saturated carbocycles. The summed E-state index contributed by atoms with van der Waals surface area (Å²) in [5, 5.41) is 9.85. The number of thiocarbonyl (C=S) groups is 1. The van der Waals surface area contributed by atoms with Gasteiger partial charge in [0.1, 0.15) is 12.4 Å². The lowest BCUT2D eigenvalue weighted by Crippen LogP contribution is -2.19. The van der Waals surface area contributed by atoms with Gasteiger partial charge in [-0.2, -0.15) is 0 Å². The lowest BCUT2D eigenvalue weighted by molar-refractivity contribution is 0.0535. The molecule has 0 bridgehead atoms. The molecule has 2 heterocycles. The minimum atomic E-state index is -3.80. The van der Waals surface area contributed by atoms with E-state index in [1.165, 1.54) is 18.2 Å². The van der Waals surface area contributed by atoms with Crippen molar-refractivity contribution in [2.75, 3.05) is 15.4 Å². The summed E-state index contributed by atoms with van der Waals surface area (Å²) in [5.41, 5.74) is 2.56. The van der Waals surface area contributed by atoms with Gasteiger partial charge in [-0.05, 0) is 55.5 Å². The number of anilines is 3. The van der Waals surface area contributed by atoms with Crippen molar-refractivity contribution in [2.45, 2.75) is 18.4 Å². The molecule has 11 heteroatoms. The summed E-state index contributed by atoms with van der Waals surface area (Å²) in [7, 11) is -3.80. The molecule has 0 spiro atoms. The fourth-order valence-corrected chi connectivity index (χ4v) is 4.03. The van der Waals surface area contributed by atoms with Gasteiger partial charge in [-0.25, -0.2) is 13.2 Å². The molecule has 30 heavy (non-hydrogen) atoms. The van der Waals surface area contributed by atoms with E-state index in [4.69, 9.17) is 21.5 Å². The van der Waals surface area contributed by atoms with Crippen LogP contribution in [0.25, 0.3) is 0 Å². The first-order valence-electron chi connectivity index (χ1n) is 8.74. The molecule has 2 aromatic carbocycles. The Morgan fingerprint density at radius 1 is 1.07 bits per heavy atom. The zero-order chi connectivity index (χ0) is 21.3. The Balaban J connectivity index is 1.40. The van der Waals surface area contributed by atoms with E-state index in [1.54, 1.807) is 37.3 Å². The zero-order valence-corrected chi connectivity index (χ0v) is 17.3. The fourth-order valence-electron chi connectivity index (χ4n) is 2.81. The highest BCUT2D eigenvalue weighted by atomic mass is 32.2. The third-order valence-corrected chi connectivity index (χ3v) is 5.81. The first kappa shape index (κ1) is 19.9. The Morgan fingerprint density at radius 2 is 1.77 bits per heavy atom. The van der Waals surface area contributed by atoms with E-state index < -0.39 is 10.0 Å². The lowest BCUT2D eigenvalue weighted by atomic mass is 10.1. The number of hydrogen-bond acceptors (Lipinski definition) is 7. The van der Waals surface area contributed by atoms with Crippen LogP contribution < -0.4 is 15.4 Å². The van der Waals surface area contributed by atoms with Crippen molar-refractivity contribution in [2.24, 2.45) is 0 Å². The quantitative estimate of drug-likeness (QED) is 0.402. The number of carbonyl (C=O) groups is 1. The van der Waals surface area contributed by atoms with E-state index in [0.29, 0.717) is 22.7 Å². The number of esters is 1. The van der Waals surface area contributed by atoms with Crippen LogP contribution in [0.5, 0.6) is 0 Å². The number of benzene rings is 2. The fraction of sp³-hybridized carbons (Fsp3) is 0.105. The zero-order valence-electron chi connectivity index (χ0n) is 15.6. The lowest BCUT2D eigenvalue weighted by Gasteiger charge is -2.12. The topological polar surface area (TPSA) is 123 Å². The van der Waals surface area contributed by atoms with Crippen LogP contribution in [0, 0.1) is 6.92 Å². The standard InChI is InChI=1S/C19H16N4O5S2/c1-11-8-17(22-28-11)23-30(25,26)15-6-4-13(5-7-15)20-19(29)21-14-3-2-12-10-27-18(24)16(12)9-14/h2-9H,10H2,1H3,(H,22,23)(H2,20,21,29). The van der Waals surface area contributed by atoms with Crippen LogP contribution in [0.1, 0.15) is 21.7 Å². The minimum absolute atomic E-state index is 0.0599. The predicted molar refractivity (Wildman–Crippen MR) is 114 cm³/mol. The number of sulfonamides is 1. The van der Waals surface area contributed by atoms with Gasteiger partial charge in [0.2, 0.25) is 0 Å². The Kier molecular flexibility index (Phi) is 5.14. The number of nitrogens with one attached hydrogen (secondary N) is 3. The van der Waals surface area contributed by atoms with Crippen molar-refractivity contribution in [1.82, 2.24) is 5.16 Å². The van der Waals surface area contributed by atoms with Gasteiger partial charge < -0.3 is 19.9 Å². The molecule has 0 aliphatic carbocycles. The van der Waals surface area contributed by atoms with Crippen LogP contribution in [-0.4, -0.2) is 24.7 Å². The molecule has 3 N–H and O–H groups in total. The average molecular weight is 444 g/mol. The normalized spacial score (nSPS) is 12.8. The summed E-state index contributed by atoms with van der Waals surface area (Å²) in [6, 6.07) is 12.8. The van der Waals surface area contributed by atoms with E-state index in [2.05, 4.69) is 20.5 Å². The molecule has 0 saturated heterocycles. The van der Waals surface area contributed by atoms with Gasteiger partial charge in [-0.15, -0.1) is 0 Å². The highest BCUT2D eigenvalue weighted by molar-refractivity contribution is 7.92. The van der Waals surface area contributed by atoms with Gasteiger partial charge >= 0.3 is 5.97 Å². The molecule has 4 rings (SSSR count). The van der Waals surface area contributed by atoms with Crippen molar-refractivity contribution >= 4 is 50.5 Å². The maximum atomic E-state index is 12.4. The number of hydrogen-bond donors (Lipinski definition) is 3. The van der Waals surface area contributed by atoms with E-state index in [-0.39, 0.29) is 28.4 Å². The van der Waals surface area contributed by atoms with Crippen LogP contribution in [0.4, 0.5) is 17.2 Å². The summed E-state index contributed by atoms with van der Waals surface area (Å²) < 4.78 is 37.0. The van der Waals surface area contributed by atoms with Gasteiger partial charge in [0.25, 0.3) is 10.0 Å². The maximum Gasteiger partial charge on any atom is 0.338 e. The van der Waals surface area contributed by atoms with Crippen LogP contribution >= 0.6 is 12.2 Å². The summed E-state index contributed by atoms with van der Waals surface area (Å²) in [6.07, 6.45) is 0. The van der Waals surface area contributed by atoms with E-state index in [9.17, 15) is 13.2 Å². The number of fused-ring (bicyclic) bond motifs is 1. The highest BCUT2D eigenvalue weighted by Gasteiger charge is 2.21. The Bertz CT molecular complexity index is 1240. The molecule has 0 amide bonds. The second kappa shape index (κ2) is 7.76. The average Bonchev–Trinajstić information content (AvgIpc) is 3.27. The first-order valence-corrected chi connectivity index (χ1v) is 10.6. The smallest absolute Gasteiger partial charge is 0.338 e. The number of aromatic nitrogens is 1. The van der Waals surface area contributed by atoms with Crippen LogP contribution in [-0.2, 0) is 21.4 Å². The van der Waals surface area contributed by atoms with Crippen LogP contribution in [0.3, 0.4) is 0 Å². The second-order valence-electron chi connectivity index (χ2n) is 6.48. The van der Waals surface area contributed by atoms with Crippen molar-refractivity contribution in [3.63, 3.8) is 0 Å². The van der Waals surface area contributed by atoms with Gasteiger partial charge in [-0.1, -0.05) is 11.2 Å². The van der Waals surface area contributed by atoms with Crippen molar-refractivity contribution in [3.8, 4) is 0 Å². The van der Waals surface area contributed by atoms with Gasteiger partial charge in [0.05, 0.1) is 10.5 Å². The summed E-state index contributed by atoms with van der Waals surface area (Å²) in [4.78, 5) is 11.7. The largest absolute Gasteiger partial charge is 0.457 e. The molecule has 0 radical (unpaired) electrons. The third kappa shape index (κ3) is 4.26. The number of nitrogens with zero attached hydrogens (tertiary/aromatic N) is 1. The number of cyclic esters (lactones) is 1.